The number of halogens is 1. The van der Waals surface area contributed by atoms with Gasteiger partial charge in [-0.05, 0) is 65.1 Å². The zero-order valence-corrected chi connectivity index (χ0v) is 19.1. The number of hydrogen-bond acceptors (Lipinski definition) is 1. The highest BCUT2D eigenvalue weighted by Crippen LogP contribution is 2.32. The van der Waals surface area contributed by atoms with E-state index in [-0.39, 0.29) is 0 Å². The van der Waals surface area contributed by atoms with E-state index in [4.69, 9.17) is 0 Å². The molecule has 0 saturated heterocycles. The molecule has 0 aliphatic carbocycles. The Morgan fingerprint density at radius 1 is 0.613 bits per heavy atom. The molecule has 0 radical (unpaired) electrons. The topological polar surface area (TPSA) is 20.2 Å². The van der Waals surface area contributed by atoms with Crippen molar-refractivity contribution < 1.29 is 5.11 Å². The van der Waals surface area contributed by atoms with Gasteiger partial charge in [-0.3, -0.25) is 0 Å². The van der Waals surface area contributed by atoms with Crippen molar-refractivity contribution in [2.75, 3.05) is 0 Å². The minimum absolute atomic E-state index is 0.308. The van der Waals surface area contributed by atoms with Crippen LogP contribution in [0.5, 0.6) is 0 Å². The van der Waals surface area contributed by atoms with Crippen LogP contribution in [-0.2, 0) is 6.42 Å². The second-order valence-corrected chi connectivity index (χ2v) is 8.93. The molecule has 156 valence electrons. The van der Waals surface area contributed by atoms with E-state index in [9.17, 15) is 5.11 Å². The van der Waals surface area contributed by atoms with Gasteiger partial charge in [-0.15, -0.1) is 0 Å². The van der Waals surface area contributed by atoms with E-state index < -0.39 is 6.10 Å². The molecular weight excluding hydrogens is 444 g/mol. The number of hydrogen-bond donors (Lipinski definition) is 1. The van der Waals surface area contributed by atoms with Crippen molar-refractivity contribution in [2.45, 2.75) is 31.3 Å². The monoisotopic (exact) mass is 470 g/mol. The van der Waals surface area contributed by atoms with E-state index in [1.54, 1.807) is 0 Å². The highest BCUT2D eigenvalue weighted by molar-refractivity contribution is 9.10. The lowest BCUT2D eigenvalue weighted by molar-refractivity contribution is 0.155. The summed E-state index contributed by atoms with van der Waals surface area (Å²) in [5.41, 5.74) is 6.07. The molecule has 1 N–H and O–H groups in total. The Labute approximate surface area is 193 Å². The van der Waals surface area contributed by atoms with Gasteiger partial charge in [0.05, 0.1) is 6.10 Å². The SMILES string of the molecule is OC(CC(CCc1ccc(-c2ccc(Br)cc2)cc1)c1ccccc1)c1ccccc1. The van der Waals surface area contributed by atoms with Gasteiger partial charge in [0.1, 0.15) is 0 Å². The Kier molecular flexibility index (Phi) is 7.35. The first-order chi connectivity index (χ1) is 15.2. The van der Waals surface area contributed by atoms with Crippen LogP contribution in [0.15, 0.2) is 114 Å². The fourth-order valence-corrected chi connectivity index (χ4v) is 4.34. The summed E-state index contributed by atoms with van der Waals surface area (Å²) in [6, 6.07) is 37.9. The molecule has 0 heterocycles. The van der Waals surface area contributed by atoms with Gasteiger partial charge in [-0.2, -0.15) is 0 Å². The fraction of sp³-hybridized carbons (Fsp3) is 0.172. The van der Waals surface area contributed by atoms with Crippen molar-refractivity contribution in [3.8, 4) is 11.1 Å². The second-order valence-electron chi connectivity index (χ2n) is 8.01. The largest absolute Gasteiger partial charge is 0.388 e. The molecule has 1 nitrogen and oxygen atoms in total. The summed E-state index contributed by atoms with van der Waals surface area (Å²) in [6.45, 7) is 0. The minimum atomic E-state index is -0.453. The Bertz CT molecular complexity index is 1060. The van der Waals surface area contributed by atoms with Crippen LogP contribution >= 0.6 is 15.9 Å². The lowest BCUT2D eigenvalue weighted by Crippen LogP contribution is -2.08. The third kappa shape index (κ3) is 5.94. The van der Waals surface area contributed by atoms with Gasteiger partial charge in [0.25, 0.3) is 0 Å². The van der Waals surface area contributed by atoms with Crippen LogP contribution in [-0.4, -0.2) is 5.11 Å². The summed E-state index contributed by atoms with van der Waals surface area (Å²) in [4.78, 5) is 0. The quantitative estimate of drug-likeness (QED) is 0.276. The van der Waals surface area contributed by atoms with Crippen LogP contribution in [0.25, 0.3) is 11.1 Å². The summed E-state index contributed by atoms with van der Waals surface area (Å²) < 4.78 is 1.09. The van der Waals surface area contributed by atoms with Gasteiger partial charge in [0.2, 0.25) is 0 Å². The van der Waals surface area contributed by atoms with Crippen molar-refractivity contribution in [2.24, 2.45) is 0 Å². The molecular formula is C29H27BrO. The molecule has 0 aliphatic rings. The first-order valence-corrected chi connectivity index (χ1v) is 11.6. The maximum atomic E-state index is 10.8. The third-order valence-corrected chi connectivity index (χ3v) is 6.40. The van der Waals surface area contributed by atoms with Crippen LogP contribution in [0, 0.1) is 0 Å². The Balaban J connectivity index is 1.45. The first kappa shape index (κ1) is 21.5. The first-order valence-electron chi connectivity index (χ1n) is 10.8. The zero-order chi connectivity index (χ0) is 21.5. The molecule has 31 heavy (non-hydrogen) atoms. The summed E-state index contributed by atoms with van der Waals surface area (Å²) >= 11 is 3.50. The van der Waals surface area contributed by atoms with Crippen LogP contribution in [0.3, 0.4) is 0 Å². The zero-order valence-electron chi connectivity index (χ0n) is 17.5. The average molecular weight is 471 g/mol. The summed E-state index contributed by atoms with van der Waals surface area (Å²) in [6.07, 6.45) is 2.27. The molecule has 0 fully saturated rings. The molecule has 0 amide bonds. The maximum Gasteiger partial charge on any atom is 0.0795 e. The molecule has 2 atom stereocenters. The van der Waals surface area contributed by atoms with Crippen LogP contribution in [0.2, 0.25) is 0 Å². The second kappa shape index (κ2) is 10.6. The fourth-order valence-electron chi connectivity index (χ4n) is 4.07. The number of benzene rings is 4. The lowest BCUT2D eigenvalue weighted by atomic mass is 9.86. The van der Waals surface area contributed by atoms with Crippen LogP contribution in [0.1, 0.15) is 41.6 Å². The van der Waals surface area contributed by atoms with Gasteiger partial charge < -0.3 is 5.11 Å². The summed E-state index contributed by atoms with van der Waals surface area (Å²) in [5, 5.41) is 10.8. The van der Waals surface area contributed by atoms with Crippen molar-refractivity contribution in [3.63, 3.8) is 0 Å². The molecule has 0 aromatic heterocycles. The van der Waals surface area contributed by atoms with Gasteiger partial charge in [0, 0.05) is 4.47 Å². The van der Waals surface area contributed by atoms with Crippen LogP contribution < -0.4 is 0 Å². The number of aliphatic hydroxyl groups excluding tert-OH is 1. The smallest absolute Gasteiger partial charge is 0.0795 e. The van der Waals surface area contributed by atoms with E-state index in [0.717, 1.165) is 29.3 Å². The van der Waals surface area contributed by atoms with Gasteiger partial charge in [-0.1, -0.05) is 113 Å². The normalized spacial score (nSPS) is 13.0. The highest BCUT2D eigenvalue weighted by atomic mass is 79.9. The molecule has 0 spiro atoms. The van der Waals surface area contributed by atoms with Crippen LogP contribution in [0.4, 0.5) is 0 Å². The van der Waals surface area contributed by atoms with E-state index >= 15 is 0 Å². The van der Waals surface area contributed by atoms with Crippen molar-refractivity contribution in [3.05, 3.63) is 130 Å². The molecule has 4 aromatic rings. The van der Waals surface area contributed by atoms with Gasteiger partial charge >= 0.3 is 0 Å². The predicted molar refractivity (Wildman–Crippen MR) is 133 cm³/mol. The maximum absolute atomic E-state index is 10.8. The molecule has 0 saturated carbocycles. The number of rotatable bonds is 8. The standard InChI is InChI=1S/C29H27BrO/c30-28-19-17-25(18-20-28)24-14-11-22(12-15-24)13-16-27(23-7-3-1-4-8-23)21-29(31)26-9-5-2-6-10-26/h1-12,14-15,17-20,27,29,31H,13,16,21H2. The van der Waals surface area contributed by atoms with E-state index in [1.807, 2.05) is 30.3 Å². The Hall–Kier alpha value is -2.68. The van der Waals surface area contributed by atoms with Crippen molar-refractivity contribution in [1.82, 2.24) is 0 Å². The average Bonchev–Trinajstić information content (AvgIpc) is 2.83. The van der Waals surface area contributed by atoms with E-state index in [2.05, 4.69) is 94.8 Å². The predicted octanol–water partition coefficient (Wildman–Crippen LogP) is 7.96. The van der Waals surface area contributed by atoms with Gasteiger partial charge in [-0.25, -0.2) is 0 Å². The Morgan fingerprint density at radius 2 is 1.13 bits per heavy atom. The number of aliphatic hydroxyl groups is 1. The summed E-state index contributed by atoms with van der Waals surface area (Å²) in [7, 11) is 0. The summed E-state index contributed by atoms with van der Waals surface area (Å²) in [5.74, 6) is 0.308. The molecule has 4 rings (SSSR count). The van der Waals surface area contributed by atoms with Crippen molar-refractivity contribution >= 4 is 15.9 Å². The molecule has 0 aliphatic heterocycles. The number of aryl methyl sites for hydroxylation is 1. The molecule has 2 unspecified atom stereocenters. The molecule has 0 bridgehead atoms. The minimum Gasteiger partial charge on any atom is -0.388 e. The molecule has 2 heteroatoms. The van der Waals surface area contributed by atoms with E-state index in [1.165, 1.54) is 22.3 Å². The lowest BCUT2D eigenvalue weighted by Gasteiger charge is -2.21. The molecule has 4 aromatic carbocycles. The Morgan fingerprint density at radius 3 is 1.71 bits per heavy atom. The van der Waals surface area contributed by atoms with Crippen molar-refractivity contribution in [1.29, 1.82) is 0 Å². The van der Waals surface area contributed by atoms with E-state index in [0.29, 0.717) is 5.92 Å². The third-order valence-electron chi connectivity index (χ3n) is 5.88. The highest BCUT2D eigenvalue weighted by Gasteiger charge is 2.18. The van der Waals surface area contributed by atoms with Gasteiger partial charge in [0.15, 0.2) is 0 Å².